The van der Waals surface area contributed by atoms with Gasteiger partial charge in [-0.15, -0.1) is 19.1 Å². The fraction of sp³-hybridized carbons (Fsp3) is 0.333. The van der Waals surface area contributed by atoms with Crippen LogP contribution in [0.2, 0.25) is 0 Å². The summed E-state index contributed by atoms with van der Waals surface area (Å²) in [6, 6.07) is 11.8. The normalized spacial score (nSPS) is 10.4. The zero-order chi connectivity index (χ0) is 24.5. The molecule has 9 heteroatoms. The van der Waals surface area contributed by atoms with Crippen molar-refractivity contribution in [2.75, 3.05) is 11.9 Å². The summed E-state index contributed by atoms with van der Waals surface area (Å²) in [6.45, 7) is 7.52. The van der Waals surface area contributed by atoms with Crippen LogP contribution >= 0.6 is 0 Å². The molecule has 178 valence electrons. The number of hydrogen-bond donors (Lipinski definition) is 4. The van der Waals surface area contributed by atoms with E-state index in [0.29, 0.717) is 35.5 Å². The molecule has 1 heterocycles. The van der Waals surface area contributed by atoms with E-state index >= 15 is 0 Å². The number of benzene rings is 1. The molecule has 0 radical (unpaired) electrons. The number of aliphatic hydroxyl groups excluding tert-OH is 2. The maximum absolute atomic E-state index is 10.3. The molecule has 0 aliphatic rings. The minimum atomic E-state index is -1.58. The number of carbonyl (C=O) groups excluding carboxylic acids is 1. The maximum Gasteiger partial charge on any atom is 2.00 e. The van der Waals surface area contributed by atoms with E-state index in [2.05, 4.69) is 22.9 Å². The molecule has 0 fully saturated rings. The molecule has 33 heavy (non-hydrogen) atoms. The molecule has 0 saturated carbocycles. The van der Waals surface area contributed by atoms with Gasteiger partial charge in [-0.25, -0.2) is 4.98 Å². The molecule has 0 saturated heterocycles. The number of ketones is 1. The van der Waals surface area contributed by atoms with Crippen LogP contribution in [-0.4, -0.2) is 33.3 Å². The third-order valence-electron chi connectivity index (χ3n) is 3.88. The van der Waals surface area contributed by atoms with Crippen LogP contribution in [0.4, 0.5) is 20.3 Å². The second-order valence-electron chi connectivity index (χ2n) is 6.44. The Hall–Kier alpha value is -1.92. The summed E-state index contributed by atoms with van der Waals surface area (Å²) in [5, 5.41) is 30.4. The van der Waals surface area contributed by atoms with Crippen LogP contribution in [0, 0.1) is 49.0 Å². The monoisotopic (exact) mass is 685 g/mol. The van der Waals surface area contributed by atoms with Crippen LogP contribution in [-0.2, 0) is 4.79 Å². The number of nitrogens with one attached hydrogen (secondary N) is 2. The minimum Gasteiger partial charge on any atom is -0.422 e. The van der Waals surface area contributed by atoms with E-state index in [1.54, 1.807) is 24.4 Å². The van der Waals surface area contributed by atoms with Gasteiger partial charge in [-0.1, -0.05) is 26.1 Å². The van der Waals surface area contributed by atoms with Crippen molar-refractivity contribution >= 4 is 23.0 Å². The van der Waals surface area contributed by atoms with E-state index < -0.39 is 19.1 Å². The van der Waals surface area contributed by atoms with Gasteiger partial charge in [0.05, 0.1) is 6.61 Å². The molecule has 0 bridgehead atoms. The van der Waals surface area contributed by atoms with E-state index in [4.69, 9.17) is 5.41 Å². The third kappa shape index (κ3) is 14.1. The first-order valence-corrected chi connectivity index (χ1v) is 10.1. The van der Waals surface area contributed by atoms with Gasteiger partial charge in [0.25, 0.3) is 0 Å². The fourth-order valence-corrected chi connectivity index (χ4v) is 2.40. The smallest absolute Gasteiger partial charge is 0.422 e. The Morgan fingerprint density at radius 1 is 1.33 bits per heavy atom. The van der Waals surface area contributed by atoms with Gasteiger partial charge >= 0.3 is 31.1 Å². The van der Waals surface area contributed by atoms with Crippen LogP contribution in [0.1, 0.15) is 57.3 Å². The Labute approximate surface area is 218 Å². The van der Waals surface area contributed by atoms with Crippen LogP contribution < -0.4 is 5.32 Å². The Balaban J connectivity index is 0. The Kier molecular flexibility index (Phi) is 19.7. The third-order valence-corrected chi connectivity index (χ3v) is 3.88. The Bertz CT molecular complexity index is 834. The molecular weight excluding hydrogens is 654 g/mol. The molecule has 0 spiro atoms. The van der Waals surface area contributed by atoms with Gasteiger partial charge < -0.3 is 29.7 Å². The number of anilines is 2. The van der Waals surface area contributed by atoms with Crippen molar-refractivity contribution in [3.05, 3.63) is 72.8 Å². The molecule has 6 nitrogen and oxygen atoms in total. The van der Waals surface area contributed by atoms with Crippen LogP contribution in [0.3, 0.4) is 0 Å². The predicted molar refractivity (Wildman–Crippen MR) is 123 cm³/mol. The molecule has 1 unspecified atom stereocenters. The predicted octanol–water partition coefficient (Wildman–Crippen LogP) is 5.41. The average Bonchev–Trinajstić information content (AvgIpc) is 2.78. The number of aliphatic hydroxyl groups is 2. The van der Waals surface area contributed by atoms with E-state index in [1.807, 2.05) is 26.0 Å². The zero-order valence-corrected chi connectivity index (χ0v) is 23.3. The largest absolute Gasteiger partial charge is 2.00 e. The SMILES string of the molecule is C=CC(=O)CCC.CCC(=N)c1c(C(O)CO)ccnc1Nc1cc[c-]cc1.C[C-](F)F.[U+2]. The molecule has 1 atom stereocenters. The summed E-state index contributed by atoms with van der Waals surface area (Å²) in [5.41, 5.74) is 2.22. The summed E-state index contributed by atoms with van der Waals surface area (Å²) in [5.74, 6) is 0.639. The van der Waals surface area contributed by atoms with E-state index in [-0.39, 0.29) is 36.9 Å². The van der Waals surface area contributed by atoms with Crippen LogP contribution in [0.25, 0.3) is 0 Å². The van der Waals surface area contributed by atoms with E-state index in [0.717, 1.165) is 19.0 Å². The number of aromatic nitrogens is 1. The summed E-state index contributed by atoms with van der Waals surface area (Å²) in [6.07, 6.45) is 2.38. The van der Waals surface area contributed by atoms with Gasteiger partial charge in [0.15, 0.2) is 5.78 Å². The summed E-state index contributed by atoms with van der Waals surface area (Å²) in [4.78, 5) is 14.6. The Morgan fingerprint density at radius 2 is 1.91 bits per heavy atom. The van der Waals surface area contributed by atoms with Crippen LogP contribution in [0.5, 0.6) is 0 Å². The molecule has 1 aromatic heterocycles. The minimum absolute atomic E-state index is 0. The van der Waals surface area contributed by atoms with Gasteiger partial charge in [0, 0.05) is 23.9 Å². The average molecular weight is 686 g/mol. The number of carbonyl (C=O) groups is 1. The van der Waals surface area contributed by atoms with Crippen molar-refractivity contribution in [1.29, 1.82) is 5.41 Å². The number of nitrogens with zero attached hydrogens (tertiary/aromatic N) is 1. The van der Waals surface area contributed by atoms with Gasteiger partial charge in [-0.3, -0.25) is 4.79 Å². The second-order valence-corrected chi connectivity index (χ2v) is 6.44. The molecule has 0 amide bonds. The number of allylic oxidation sites excluding steroid dienone is 1. The number of halogens is 2. The van der Waals surface area contributed by atoms with Crippen molar-refractivity contribution in [3.8, 4) is 0 Å². The summed E-state index contributed by atoms with van der Waals surface area (Å²) >= 11 is 0. The van der Waals surface area contributed by atoms with Crippen LogP contribution in [0.15, 0.2) is 49.2 Å². The molecule has 4 N–H and O–H groups in total. The molecule has 0 aliphatic carbocycles. The number of rotatable bonds is 9. The molecule has 0 aliphatic heterocycles. The van der Waals surface area contributed by atoms with E-state index in [9.17, 15) is 23.8 Å². The van der Waals surface area contributed by atoms with E-state index in [1.165, 1.54) is 6.08 Å². The quantitative estimate of drug-likeness (QED) is 0.161. The van der Waals surface area contributed by atoms with Crippen molar-refractivity contribution in [1.82, 2.24) is 4.98 Å². The van der Waals surface area contributed by atoms with Gasteiger partial charge in [0.2, 0.25) is 0 Å². The number of hydrogen-bond acceptors (Lipinski definition) is 6. The van der Waals surface area contributed by atoms with Gasteiger partial charge in [-0.05, 0) is 37.0 Å². The summed E-state index contributed by atoms with van der Waals surface area (Å²) < 4.78 is 20.5. The topological polar surface area (TPSA) is 106 Å². The van der Waals surface area contributed by atoms with Crippen molar-refractivity contribution in [2.24, 2.45) is 0 Å². The molecule has 2 rings (SSSR count). The zero-order valence-electron chi connectivity index (χ0n) is 19.2. The second kappa shape index (κ2) is 19.5. The summed E-state index contributed by atoms with van der Waals surface area (Å²) in [7, 11) is 0. The van der Waals surface area contributed by atoms with Crippen molar-refractivity contribution in [3.63, 3.8) is 0 Å². The van der Waals surface area contributed by atoms with Gasteiger partial charge in [0.1, 0.15) is 11.9 Å². The van der Waals surface area contributed by atoms with Gasteiger partial charge in [-0.2, -0.15) is 18.2 Å². The molecule has 2 aromatic rings. The first-order valence-electron chi connectivity index (χ1n) is 10.1. The first-order chi connectivity index (χ1) is 15.2. The van der Waals surface area contributed by atoms with Crippen molar-refractivity contribution < 1.29 is 54.9 Å². The maximum atomic E-state index is 10.3. The van der Waals surface area contributed by atoms with Crippen molar-refractivity contribution in [2.45, 2.75) is 46.1 Å². The fourth-order valence-electron chi connectivity index (χ4n) is 2.40. The molecule has 1 aromatic carbocycles. The standard InChI is InChI=1S/C16H18N3O2.C6H10O.C2H3F2.U/c1-2-13(17)15-12(14(21)10-20)8-9-18-16(15)19-11-6-4-3-5-7-11;1-3-5-6(7)4-2;1-2(3)4;/h4-9,14,17,20-21H,2,10H2,1H3,(H,18,19);4H,2-3,5H2,1H3;1H3;/q-1;;-1;+2. The first kappa shape index (κ1) is 33.3. The Morgan fingerprint density at radius 3 is 2.33 bits per heavy atom. The number of pyridine rings is 1. The molecular formula is C24H31F2N3O3U.